The highest BCUT2D eigenvalue weighted by atomic mass is 16.6. The van der Waals surface area contributed by atoms with Crippen LogP contribution in [0.15, 0.2) is 85.1 Å². The molecule has 0 aliphatic rings. The van der Waals surface area contributed by atoms with Gasteiger partial charge in [0, 0.05) is 19.3 Å². The van der Waals surface area contributed by atoms with Crippen molar-refractivity contribution in [3.8, 4) is 0 Å². The first-order valence-corrected chi connectivity index (χ1v) is 36.1. The van der Waals surface area contributed by atoms with Gasteiger partial charge in [-0.25, -0.2) is 0 Å². The molecule has 0 aromatic rings. The maximum absolute atomic E-state index is 12.9. The topological polar surface area (TPSA) is 78.9 Å². The van der Waals surface area contributed by atoms with Gasteiger partial charge < -0.3 is 14.2 Å². The first-order chi connectivity index (χ1) is 41.0. The second-order valence-electron chi connectivity index (χ2n) is 24.1. The lowest BCUT2D eigenvalue weighted by Crippen LogP contribution is -2.30. The van der Waals surface area contributed by atoms with Gasteiger partial charge in [-0.15, -0.1) is 0 Å². The first kappa shape index (κ1) is 79.6. The van der Waals surface area contributed by atoms with Crippen molar-refractivity contribution in [2.75, 3.05) is 13.2 Å². The fourth-order valence-corrected chi connectivity index (χ4v) is 10.5. The molecule has 0 spiro atoms. The third kappa shape index (κ3) is 69.3. The molecule has 0 heterocycles. The molecule has 6 nitrogen and oxygen atoms in total. The normalized spacial score (nSPS) is 12.6. The standard InChI is InChI=1S/C77H136O6/c1-4-7-10-13-15-17-19-21-23-25-27-29-31-33-35-36-37-38-39-40-42-43-45-47-49-51-53-55-57-59-61-64-67-70-76(79)82-73-74(72-81-75(78)69-66-63-12-9-6-3)83-77(80)71-68-65-62-60-58-56-54-52-50-48-46-44-41-34-32-30-28-26-24-22-20-18-16-14-11-8-5-2/h8,11,16,18-19,21-22,24-25,27-28,30-31,33,74H,4-7,9-10,12-15,17,20,23,26,29,32,34-73H2,1-3H3/b11-8-,18-16-,21-19-,24-22-,27-25-,30-28-,33-31-. The highest BCUT2D eigenvalue weighted by Gasteiger charge is 2.19. The molecule has 0 radical (unpaired) electrons. The monoisotopic (exact) mass is 1160 g/mol. The Morgan fingerprint density at radius 2 is 0.470 bits per heavy atom. The molecule has 0 aliphatic heterocycles. The van der Waals surface area contributed by atoms with Gasteiger partial charge in [0.25, 0.3) is 0 Å². The summed E-state index contributed by atoms with van der Waals surface area (Å²) in [6, 6.07) is 0. The van der Waals surface area contributed by atoms with E-state index in [4.69, 9.17) is 14.2 Å². The van der Waals surface area contributed by atoms with Gasteiger partial charge in [-0.05, 0) is 96.3 Å². The van der Waals surface area contributed by atoms with Crippen molar-refractivity contribution in [3.63, 3.8) is 0 Å². The lowest BCUT2D eigenvalue weighted by Gasteiger charge is -2.18. The van der Waals surface area contributed by atoms with Crippen LogP contribution in [0, 0.1) is 0 Å². The molecule has 0 aliphatic carbocycles. The van der Waals surface area contributed by atoms with E-state index in [9.17, 15) is 14.4 Å². The van der Waals surface area contributed by atoms with Crippen LogP contribution in [-0.2, 0) is 28.6 Å². The molecule has 0 amide bonds. The summed E-state index contributed by atoms with van der Waals surface area (Å²) in [6.07, 6.45) is 95.3. The zero-order chi connectivity index (χ0) is 59.9. The average Bonchev–Trinajstić information content (AvgIpc) is 3.49. The summed E-state index contributed by atoms with van der Waals surface area (Å²) in [6.45, 7) is 6.48. The van der Waals surface area contributed by atoms with Crippen molar-refractivity contribution < 1.29 is 28.6 Å². The van der Waals surface area contributed by atoms with E-state index in [-0.39, 0.29) is 31.1 Å². The Morgan fingerprint density at radius 1 is 0.253 bits per heavy atom. The van der Waals surface area contributed by atoms with E-state index in [0.717, 1.165) is 103 Å². The molecule has 0 aromatic heterocycles. The van der Waals surface area contributed by atoms with Crippen LogP contribution in [0.1, 0.15) is 367 Å². The number of ether oxygens (including phenoxy) is 3. The van der Waals surface area contributed by atoms with Gasteiger partial charge in [0.05, 0.1) is 0 Å². The van der Waals surface area contributed by atoms with Crippen molar-refractivity contribution in [1.29, 1.82) is 0 Å². The minimum absolute atomic E-state index is 0.0723. The van der Waals surface area contributed by atoms with Gasteiger partial charge in [0.1, 0.15) is 13.2 Å². The van der Waals surface area contributed by atoms with Crippen LogP contribution in [0.2, 0.25) is 0 Å². The molecule has 1 unspecified atom stereocenters. The number of hydrogen-bond acceptors (Lipinski definition) is 6. The molecule has 83 heavy (non-hydrogen) atoms. The summed E-state index contributed by atoms with van der Waals surface area (Å²) < 4.78 is 16.8. The van der Waals surface area contributed by atoms with Crippen LogP contribution < -0.4 is 0 Å². The fraction of sp³-hybridized carbons (Fsp3) is 0.779. The number of hydrogen-bond donors (Lipinski definition) is 0. The van der Waals surface area contributed by atoms with Crippen LogP contribution >= 0.6 is 0 Å². The van der Waals surface area contributed by atoms with E-state index >= 15 is 0 Å². The van der Waals surface area contributed by atoms with Crippen molar-refractivity contribution in [3.05, 3.63) is 85.1 Å². The number of carbonyl (C=O) groups excluding carboxylic acids is 3. The van der Waals surface area contributed by atoms with Gasteiger partial charge in [0.2, 0.25) is 0 Å². The molecule has 0 N–H and O–H groups in total. The van der Waals surface area contributed by atoms with Crippen LogP contribution in [0.5, 0.6) is 0 Å². The van der Waals surface area contributed by atoms with E-state index in [1.54, 1.807) is 0 Å². The number of rotatable bonds is 66. The van der Waals surface area contributed by atoms with Gasteiger partial charge in [-0.3, -0.25) is 14.4 Å². The third-order valence-corrected chi connectivity index (χ3v) is 15.9. The molecule has 0 aromatic carbocycles. The van der Waals surface area contributed by atoms with E-state index in [1.807, 2.05) is 0 Å². The van der Waals surface area contributed by atoms with Crippen molar-refractivity contribution in [1.82, 2.24) is 0 Å². The first-order valence-electron chi connectivity index (χ1n) is 36.1. The molecule has 6 heteroatoms. The number of carbonyl (C=O) groups is 3. The van der Waals surface area contributed by atoms with Gasteiger partial charge in [-0.2, -0.15) is 0 Å². The Labute approximate surface area is 515 Å². The molecule has 0 rings (SSSR count). The second kappa shape index (κ2) is 71.1. The fourth-order valence-electron chi connectivity index (χ4n) is 10.5. The number of esters is 3. The van der Waals surface area contributed by atoms with E-state index in [1.165, 1.54) is 225 Å². The predicted octanol–water partition coefficient (Wildman–Crippen LogP) is 25.0. The molecule has 0 saturated carbocycles. The Balaban J connectivity index is 3.93. The smallest absolute Gasteiger partial charge is 0.306 e. The summed E-state index contributed by atoms with van der Waals surface area (Å²) in [5, 5.41) is 0. The van der Waals surface area contributed by atoms with Crippen LogP contribution in [-0.4, -0.2) is 37.2 Å². The van der Waals surface area contributed by atoms with Crippen LogP contribution in [0.25, 0.3) is 0 Å². The largest absolute Gasteiger partial charge is 0.462 e. The average molecular weight is 1160 g/mol. The van der Waals surface area contributed by atoms with Gasteiger partial charge in [-0.1, -0.05) is 337 Å². The van der Waals surface area contributed by atoms with Crippen molar-refractivity contribution >= 4 is 17.9 Å². The van der Waals surface area contributed by atoms with Crippen LogP contribution in [0.4, 0.5) is 0 Å². The van der Waals surface area contributed by atoms with Crippen molar-refractivity contribution in [2.24, 2.45) is 0 Å². The summed E-state index contributed by atoms with van der Waals surface area (Å²) in [5.41, 5.74) is 0. The highest BCUT2D eigenvalue weighted by Crippen LogP contribution is 2.18. The third-order valence-electron chi connectivity index (χ3n) is 15.9. The highest BCUT2D eigenvalue weighted by molar-refractivity contribution is 5.71. The molecule has 480 valence electrons. The van der Waals surface area contributed by atoms with Gasteiger partial charge >= 0.3 is 17.9 Å². The Hall–Kier alpha value is -3.41. The molecule has 0 fully saturated rings. The Kier molecular flexibility index (Phi) is 68.2. The summed E-state index contributed by atoms with van der Waals surface area (Å²) in [7, 11) is 0. The molecular formula is C77H136O6. The molecule has 1 atom stereocenters. The zero-order valence-corrected chi connectivity index (χ0v) is 55.2. The van der Waals surface area contributed by atoms with Crippen LogP contribution in [0.3, 0.4) is 0 Å². The summed E-state index contributed by atoms with van der Waals surface area (Å²) >= 11 is 0. The Morgan fingerprint density at radius 3 is 0.735 bits per heavy atom. The van der Waals surface area contributed by atoms with E-state index < -0.39 is 6.10 Å². The van der Waals surface area contributed by atoms with Gasteiger partial charge in [0.15, 0.2) is 6.10 Å². The SMILES string of the molecule is CC/C=C\C/C=C\C/C=C\C/C=C\CCCCCCCCCCCCCCCCC(=O)OC(COC(=O)CCCCCCC)COC(=O)CCCCCCCCCCCCCCCCCCCC/C=C\C/C=C\C/C=C\CCCCCCC. The molecule has 0 saturated heterocycles. The zero-order valence-electron chi connectivity index (χ0n) is 55.2. The quantitative estimate of drug-likeness (QED) is 0.0261. The maximum Gasteiger partial charge on any atom is 0.306 e. The lowest BCUT2D eigenvalue weighted by molar-refractivity contribution is -0.167. The lowest BCUT2D eigenvalue weighted by atomic mass is 10.0. The minimum atomic E-state index is -0.772. The minimum Gasteiger partial charge on any atom is -0.462 e. The number of allylic oxidation sites excluding steroid dienone is 14. The predicted molar refractivity (Wildman–Crippen MR) is 362 cm³/mol. The van der Waals surface area contributed by atoms with E-state index in [0.29, 0.717) is 19.3 Å². The maximum atomic E-state index is 12.9. The Bertz CT molecular complexity index is 1570. The second-order valence-corrected chi connectivity index (χ2v) is 24.1. The summed E-state index contributed by atoms with van der Waals surface area (Å²) in [5.74, 6) is -0.869. The number of unbranched alkanes of at least 4 members (excludes halogenated alkanes) is 41. The molecular weight excluding hydrogens is 1020 g/mol. The molecule has 0 bridgehead atoms. The van der Waals surface area contributed by atoms with Crippen molar-refractivity contribution in [2.45, 2.75) is 374 Å². The summed E-state index contributed by atoms with van der Waals surface area (Å²) in [4.78, 5) is 38.0. The van der Waals surface area contributed by atoms with E-state index in [2.05, 4.69) is 106 Å².